The molecule has 0 aromatic heterocycles. The summed E-state index contributed by atoms with van der Waals surface area (Å²) >= 11 is 0. The van der Waals surface area contributed by atoms with Gasteiger partial charge in [0.05, 0.1) is 13.7 Å². The first-order valence-electron chi connectivity index (χ1n) is 7.37. The van der Waals surface area contributed by atoms with Crippen molar-refractivity contribution in [2.75, 3.05) is 13.7 Å². The molecule has 0 heterocycles. The quantitative estimate of drug-likeness (QED) is 0.655. The number of hydrogen-bond acceptors (Lipinski definition) is 4. The van der Waals surface area contributed by atoms with Crippen LogP contribution in [0, 0.1) is 6.92 Å². The van der Waals surface area contributed by atoms with Crippen molar-refractivity contribution in [1.82, 2.24) is 0 Å². The summed E-state index contributed by atoms with van der Waals surface area (Å²) in [5.74, 6) is 0.0876. The van der Waals surface area contributed by atoms with E-state index < -0.39 is 5.97 Å². The maximum Gasteiger partial charge on any atom is 0.330 e. The smallest absolute Gasteiger partial charge is 0.330 e. The molecule has 23 heavy (non-hydrogen) atoms. The molecule has 120 valence electrons. The highest BCUT2D eigenvalue weighted by Crippen LogP contribution is 2.32. The van der Waals surface area contributed by atoms with Crippen molar-refractivity contribution < 1.29 is 19.4 Å². The van der Waals surface area contributed by atoms with Crippen LogP contribution in [0.25, 0.3) is 6.08 Å². The van der Waals surface area contributed by atoms with Gasteiger partial charge in [-0.05, 0) is 30.2 Å². The van der Waals surface area contributed by atoms with E-state index in [4.69, 9.17) is 9.47 Å². The molecule has 2 aromatic rings. The largest absolute Gasteiger partial charge is 0.504 e. The van der Waals surface area contributed by atoms with Gasteiger partial charge in [-0.3, -0.25) is 0 Å². The van der Waals surface area contributed by atoms with E-state index in [0.717, 1.165) is 16.7 Å². The molecule has 0 unspecified atom stereocenters. The molecule has 0 saturated carbocycles. The molecule has 0 saturated heterocycles. The summed E-state index contributed by atoms with van der Waals surface area (Å²) in [5.41, 5.74) is 2.68. The highest BCUT2D eigenvalue weighted by molar-refractivity contribution is 5.87. The number of benzene rings is 2. The van der Waals surface area contributed by atoms with Crippen molar-refractivity contribution in [2.24, 2.45) is 0 Å². The highest BCUT2D eigenvalue weighted by Gasteiger charge is 2.08. The van der Waals surface area contributed by atoms with Gasteiger partial charge in [-0.2, -0.15) is 0 Å². The van der Waals surface area contributed by atoms with Crippen LogP contribution in [0.1, 0.15) is 16.7 Å². The van der Waals surface area contributed by atoms with E-state index in [2.05, 4.69) is 0 Å². The van der Waals surface area contributed by atoms with Gasteiger partial charge in [0, 0.05) is 18.1 Å². The van der Waals surface area contributed by atoms with Crippen molar-refractivity contribution >= 4 is 12.0 Å². The van der Waals surface area contributed by atoms with Crippen LogP contribution in [-0.2, 0) is 16.0 Å². The zero-order chi connectivity index (χ0) is 16.7. The minimum Gasteiger partial charge on any atom is -0.504 e. The standard InChI is InChI=1S/C19H20O4/c1-14-16(8-10-17(20)19(14)22-2)9-11-18(21)23-13-12-15-6-4-3-5-7-15/h3-11,20H,12-13H2,1-2H3. The zero-order valence-corrected chi connectivity index (χ0v) is 13.3. The minimum atomic E-state index is -0.396. The van der Waals surface area contributed by atoms with Crippen LogP contribution in [0.4, 0.5) is 0 Å². The number of rotatable bonds is 6. The third-order valence-electron chi connectivity index (χ3n) is 3.51. The number of carbonyl (C=O) groups is 1. The summed E-state index contributed by atoms with van der Waals surface area (Å²) < 4.78 is 10.3. The van der Waals surface area contributed by atoms with Crippen LogP contribution in [0.15, 0.2) is 48.5 Å². The van der Waals surface area contributed by atoms with E-state index in [1.807, 2.05) is 37.3 Å². The number of carbonyl (C=O) groups excluding carboxylic acids is 1. The Morgan fingerprint density at radius 1 is 1.17 bits per heavy atom. The van der Waals surface area contributed by atoms with E-state index in [0.29, 0.717) is 18.8 Å². The predicted octanol–water partition coefficient (Wildman–Crippen LogP) is 3.51. The lowest BCUT2D eigenvalue weighted by atomic mass is 10.1. The third kappa shape index (κ3) is 4.61. The average Bonchev–Trinajstić information content (AvgIpc) is 2.55. The Kier molecular flexibility index (Phi) is 5.80. The molecular weight excluding hydrogens is 292 g/mol. The Balaban J connectivity index is 1.91. The van der Waals surface area contributed by atoms with E-state index in [9.17, 15) is 9.90 Å². The maximum absolute atomic E-state index is 11.7. The van der Waals surface area contributed by atoms with Gasteiger partial charge in [0.2, 0.25) is 0 Å². The Hall–Kier alpha value is -2.75. The first kappa shape index (κ1) is 16.6. The fraction of sp³-hybridized carbons (Fsp3) is 0.211. The van der Waals surface area contributed by atoms with Gasteiger partial charge in [-0.1, -0.05) is 36.4 Å². The monoisotopic (exact) mass is 312 g/mol. The van der Waals surface area contributed by atoms with Crippen molar-refractivity contribution in [3.8, 4) is 11.5 Å². The van der Waals surface area contributed by atoms with E-state index in [1.54, 1.807) is 12.1 Å². The van der Waals surface area contributed by atoms with Crippen molar-refractivity contribution in [1.29, 1.82) is 0 Å². The summed E-state index contributed by atoms with van der Waals surface area (Å²) in [5, 5.41) is 9.68. The predicted molar refractivity (Wildman–Crippen MR) is 89.5 cm³/mol. The minimum absolute atomic E-state index is 0.0765. The van der Waals surface area contributed by atoms with Crippen LogP contribution < -0.4 is 4.74 Å². The number of phenols is 1. The molecule has 2 aromatic carbocycles. The highest BCUT2D eigenvalue weighted by atomic mass is 16.5. The SMILES string of the molecule is COc1c(O)ccc(C=CC(=O)OCCc2ccccc2)c1C. The number of phenolic OH excluding ortho intramolecular Hbond substituents is 1. The van der Waals surface area contributed by atoms with Crippen LogP contribution in [0.5, 0.6) is 11.5 Å². The van der Waals surface area contributed by atoms with Gasteiger partial charge < -0.3 is 14.6 Å². The number of hydrogen-bond donors (Lipinski definition) is 1. The number of methoxy groups -OCH3 is 1. The summed E-state index contributed by atoms with van der Waals surface area (Å²) in [6.45, 7) is 2.16. The molecule has 0 aliphatic rings. The fourth-order valence-electron chi connectivity index (χ4n) is 2.25. The zero-order valence-electron chi connectivity index (χ0n) is 13.3. The molecule has 4 heteroatoms. The second-order valence-corrected chi connectivity index (χ2v) is 5.07. The molecule has 0 fully saturated rings. The van der Waals surface area contributed by atoms with Crippen molar-refractivity contribution in [3.05, 3.63) is 65.2 Å². The van der Waals surface area contributed by atoms with E-state index in [-0.39, 0.29) is 5.75 Å². The summed E-state index contributed by atoms with van der Waals surface area (Å²) in [6.07, 6.45) is 3.72. The summed E-state index contributed by atoms with van der Waals surface area (Å²) in [4.78, 5) is 11.7. The van der Waals surface area contributed by atoms with Gasteiger partial charge in [0.25, 0.3) is 0 Å². The van der Waals surface area contributed by atoms with Crippen LogP contribution in [0.3, 0.4) is 0 Å². The number of esters is 1. The summed E-state index contributed by atoms with van der Waals surface area (Å²) in [6, 6.07) is 13.1. The van der Waals surface area contributed by atoms with Gasteiger partial charge in [-0.25, -0.2) is 4.79 Å². The molecule has 1 N–H and O–H groups in total. The lowest BCUT2D eigenvalue weighted by Gasteiger charge is -2.09. The maximum atomic E-state index is 11.7. The molecule has 0 radical (unpaired) electrons. The molecule has 0 spiro atoms. The molecule has 0 atom stereocenters. The number of ether oxygens (including phenoxy) is 2. The Morgan fingerprint density at radius 3 is 2.61 bits per heavy atom. The fourth-order valence-corrected chi connectivity index (χ4v) is 2.25. The first-order chi connectivity index (χ1) is 11.1. The molecule has 4 nitrogen and oxygen atoms in total. The van der Waals surface area contributed by atoms with Gasteiger partial charge in [0.15, 0.2) is 11.5 Å². The normalized spacial score (nSPS) is 10.7. The molecule has 0 aliphatic carbocycles. The topological polar surface area (TPSA) is 55.8 Å². The molecule has 2 rings (SSSR count). The second-order valence-electron chi connectivity index (χ2n) is 5.07. The molecule has 0 amide bonds. The lowest BCUT2D eigenvalue weighted by Crippen LogP contribution is -2.04. The first-order valence-corrected chi connectivity index (χ1v) is 7.37. The van der Waals surface area contributed by atoms with E-state index in [1.165, 1.54) is 19.3 Å². The van der Waals surface area contributed by atoms with E-state index >= 15 is 0 Å². The van der Waals surface area contributed by atoms with Crippen LogP contribution >= 0.6 is 0 Å². The molecule has 0 aliphatic heterocycles. The third-order valence-corrected chi connectivity index (χ3v) is 3.51. The average molecular weight is 312 g/mol. The Morgan fingerprint density at radius 2 is 1.91 bits per heavy atom. The Bertz CT molecular complexity index is 690. The van der Waals surface area contributed by atoms with Crippen molar-refractivity contribution in [3.63, 3.8) is 0 Å². The second kappa shape index (κ2) is 8.03. The lowest BCUT2D eigenvalue weighted by molar-refractivity contribution is -0.137. The summed E-state index contributed by atoms with van der Waals surface area (Å²) in [7, 11) is 1.49. The van der Waals surface area contributed by atoms with Crippen molar-refractivity contribution in [2.45, 2.75) is 13.3 Å². The van der Waals surface area contributed by atoms with Gasteiger partial charge in [0.1, 0.15) is 0 Å². The molecular formula is C19H20O4. The van der Waals surface area contributed by atoms with Crippen LogP contribution in [0.2, 0.25) is 0 Å². The van der Waals surface area contributed by atoms with Gasteiger partial charge in [-0.15, -0.1) is 0 Å². The Labute approximate surface area is 136 Å². The van der Waals surface area contributed by atoms with Gasteiger partial charge >= 0.3 is 5.97 Å². The van der Waals surface area contributed by atoms with Crippen LogP contribution in [-0.4, -0.2) is 24.8 Å². The molecule has 0 bridgehead atoms. The number of aromatic hydroxyl groups is 1.